The zero-order chi connectivity index (χ0) is 29.9. The Morgan fingerprint density at radius 2 is 1.79 bits per heavy atom. The standard InChI is InChI=1S/C29H27F3N6O4/c1-2-42-28(41)23-16-34-38-24(8-9-33-26(23)38)18-6-5-7-21(13-18)36-27(40)19-12-20(29(30,31)32)15-22(14-19)35-25(39)17-37-10-3-4-11-37/h5-9,12-16H,2-4,10-11,17H2,1H3,(H,35,39)(H,36,40). The number of hydrogen-bond acceptors (Lipinski definition) is 7. The number of aromatic nitrogens is 3. The van der Waals surface area contributed by atoms with Crippen LogP contribution in [0.1, 0.15) is 46.0 Å². The van der Waals surface area contributed by atoms with Crippen LogP contribution < -0.4 is 10.6 Å². The highest BCUT2D eigenvalue weighted by molar-refractivity contribution is 6.06. The van der Waals surface area contributed by atoms with Crippen molar-refractivity contribution in [1.29, 1.82) is 0 Å². The first-order valence-corrected chi connectivity index (χ1v) is 13.3. The molecule has 2 aromatic heterocycles. The fraction of sp³-hybridized carbons (Fsp3) is 0.276. The maximum Gasteiger partial charge on any atom is 0.416 e. The van der Waals surface area contributed by atoms with Crippen LogP contribution >= 0.6 is 0 Å². The number of carbonyl (C=O) groups is 3. The van der Waals surface area contributed by atoms with Gasteiger partial charge in [-0.25, -0.2) is 14.3 Å². The summed E-state index contributed by atoms with van der Waals surface area (Å²) in [5, 5.41) is 9.38. The monoisotopic (exact) mass is 580 g/mol. The van der Waals surface area contributed by atoms with Crippen molar-refractivity contribution < 1.29 is 32.3 Å². The maximum atomic E-state index is 13.7. The molecule has 1 aliphatic rings. The van der Waals surface area contributed by atoms with Gasteiger partial charge in [-0.1, -0.05) is 12.1 Å². The minimum Gasteiger partial charge on any atom is -0.462 e. The number of likely N-dealkylation sites (tertiary alicyclic amines) is 1. The molecular weight excluding hydrogens is 553 g/mol. The number of alkyl halides is 3. The first-order valence-electron chi connectivity index (χ1n) is 13.3. The predicted molar refractivity (Wildman–Crippen MR) is 148 cm³/mol. The molecule has 1 fully saturated rings. The van der Waals surface area contributed by atoms with Crippen molar-refractivity contribution >= 4 is 34.8 Å². The molecule has 0 unspecified atom stereocenters. The molecule has 0 radical (unpaired) electrons. The van der Waals surface area contributed by atoms with Crippen LogP contribution in [0.15, 0.2) is 60.9 Å². The van der Waals surface area contributed by atoms with Gasteiger partial charge >= 0.3 is 12.1 Å². The Bertz CT molecular complexity index is 1650. The molecule has 13 heteroatoms. The van der Waals surface area contributed by atoms with Gasteiger partial charge < -0.3 is 15.4 Å². The fourth-order valence-electron chi connectivity index (χ4n) is 4.76. The van der Waals surface area contributed by atoms with Gasteiger partial charge in [-0.2, -0.15) is 18.3 Å². The van der Waals surface area contributed by atoms with E-state index in [1.165, 1.54) is 23.0 Å². The molecule has 0 aliphatic carbocycles. The summed E-state index contributed by atoms with van der Waals surface area (Å²) in [7, 11) is 0. The number of halogens is 3. The van der Waals surface area contributed by atoms with Gasteiger partial charge in [0, 0.05) is 28.7 Å². The lowest BCUT2D eigenvalue weighted by atomic mass is 10.1. The number of ether oxygens (including phenoxy) is 1. The van der Waals surface area contributed by atoms with Gasteiger partial charge in [0.15, 0.2) is 5.65 Å². The molecule has 1 aliphatic heterocycles. The summed E-state index contributed by atoms with van der Waals surface area (Å²) in [5.41, 5.74) is 0.464. The van der Waals surface area contributed by atoms with E-state index in [0.717, 1.165) is 38.1 Å². The number of amides is 2. The molecule has 2 N–H and O–H groups in total. The largest absolute Gasteiger partial charge is 0.462 e. The van der Waals surface area contributed by atoms with Gasteiger partial charge in [-0.3, -0.25) is 14.5 Å². The smallest absolute Gasteiger partial charge is 0.416 e. The van der Waals surface area contributed by atoms with Crippen LogP contribution in [0.5, 0.6) is 0 Å². The third-order valence-corrected chi connectivity index (χ3v) is 6.68. The van der Waals surface area contributed by atoms with E-state index in [1.54, 1.807) is 37.3 Å². The van der Waals surface area contributed by atoms with Gasteiger partial charge in [0.05, 0.1) is 30.6 Å². The van der Waals surface area contributed by atoms with E-state index < -0.39 is 29.5 Å². The highest BCUT2D eigenvalue weighted by Gasteiger charge is 2.32. The van der Waals surface area contributed by atoms with E-state index in [4.69, 9.17) is 4.74 Å². The van der Waals surface area contributed by atoms with Crippen molar-refractivity contribution in [1.82, 2.24) is 19.5 Å². The van der Waals surface area contributed by atoms with Crippen LogP contribution in [0.3, 0.4) is 0 Å². The van der Waals surface area contributed by atoms with E-state index in [9.17, 15) is 27.6 Å². The molecule has 2 aromatic carbocycles. The van der Waals surface area contributed by atoms with Gasteiger partial charge in [0.1, 0.15) is 5.56 Å². The first-order chi connectivity index (χ1) is 20.1. The fourth-order valence-corrected chi connectivity index (χ4v) is 4.76. The number of hydrogen-bond donors (Lipinski definition) is 2. The van der Waals surface area contributed by atoms with Crippen molar-refractivity contribution in [3.8, 4) is 11.3 Å². The Morgan fingerprint density at radius 1 is 1.00 bits per heavy atom. The van der Waals surface area contributed by atoms with Crippen LogP contribution in [0.25, 0.3) is 16.9 Å². The van der Waals surface area contributed by atoms with Crippen molar-refractivity contribution in [2.75, 3.05) is 36.9 Å². The topological polar surface area (TPSA) is 118 Å². The first kappa shape index (κ1) is 28.7. The molecule has 0 saturated carbocycles. The second kappa shape index (κ2) is 12.0. The number of esters is 1. The zero-order valence-corrected chi connectivity index (χ0v) is 22.6. The summed E-state index contributed by atoms with van der Waals surface area (Å²) in [6.45, 7) is 3.44. The van der Waals surface area contributed by atoms with E-state index in [-0.39, 0.29) is 35.6 Å². The molecule has 0 bridgehead atoms. The maximum absolute atomic E-state index is 13.7. The summed E-state index contributed by atoms with van der Waals surface area (Å²) in [5.74, 6) is -1.81. The molecule has 5 rings (SSSR count). The van der Waals surface area contributed by atoms with Crippen molar-refractivity contribution in [2.45, 2.75) is 25.9 Å². The van der Waals surface area contributed by atoms with Crippen molar-refractivity contribution in [3.05, 3.63) is 77.6 Å². The van der Waals surface area contributed by atoms with E-state index in [0.29, 0.717) is 16.9 Å². The highest BCUT2D eigenvalue weighted by Crippen LogP contribution is 2.32. The lowest BCUT2D eigenvalue weighted by Crippen LogP contribution is -2.31. The summed E-state index contributed by atoms with van der Waals surface area (Å²) < 4.78 is 47.5. The van der Waals surface area contributed by atoms with E-state index >= 15 is 0 Å². The summed E-state index contributed by atoms with van der Waals surface area (Å²) in [4.78, 5) is 44.0. The number of nitrogens with zero attached hydrogens (tertiary/aromatic N) is 4. The Balaban J connectivity index is 1.39. The number of anilines is 2. The summed E-state index contributed by atoms with van der Waals surface area (Å²) in [6, 6.07) is 11.0. The van der Waals surface area contributed by atoms with Crippen LogP contribution in [0, 0.1) is 0 Å². The number of nitrogens with one attached hydrogen (secondary N) is 2. The Hall–Kier alpha value is -4.78. The molecule has 10 nitrogen and oxygen atoms in total. The summed E-state index contributed by atoms with van der Waals surface area (Å²) in [6.07, 6.45) is 0.0482. The number of rotatable bonds is 8. The van der Waals surface area contributed by atoms with Crippen LogP contribution in [0.2, 0.25) is 0 Å². The van der Waals surface area contributed by atoms with Gasteiger partial charge in [-0.05, 0) is 69.3 Å². The lowest BCUT2D eigenvalue weighted by molar-refractivity contribution is -0.137. The molecule has 1 saturated heterocycles. The van der Waals surface area contributed by atoms with E-state index in [2.05, 4.69) is 20.7 Å². The second-order valence-electron chi connectivity index (χ2n) is 9.71. The van der Waals surface area contributed by atoms with Gasteiger partial charge in [0.2, 0.25) is 5.91 Å². The Kier molecular flexibility index (Phi) is 8.20. The second-order valence-corrected chi connectivity index (χ2v) is 9.71. The van der Waals surface area contributed by atoms with Crippen LogP contribution in [-0.4, -0.2) is 63.5 Å². The molecule has 4 aromatic rings. The van der Waals surface area contributed by atoms with Crippen molar-refractivity contribution in [3.63, 3.8) is 0 Å². The summed E-state index contributed by atoms with van der Waals surface area (Å²) >= 11 is 0. The molecule has 0 spiro atoms. The molecule has 0 atom stereocenters. The van der Waals surface area contributed by atoms with Crippen LogP contribution in [-0.2, 0) is 15.7 Å². The Labute approximate surface area is 238 Å². The average molecular weight is 581 g/mol. The average Bonchev–Trinajstić information content (AvgIpc) is 3.62. The third-order valence-electron chi connectivity index (χ3n) is 6.68. The van der Waals surface area contributed by atoms with Gasteiger partial charge in [0.25, 0.3) is 5.91 Å². The lowest BCUT2D eigenvalue weighted by Gasteiger charge is -2.16. The molecular formula is C29H27F3N6O4. The Morgan fingerprint density at radius 3 is 2.52 bits per heavy atom. The third kappa shape index (κ3) is 6.41. The predicted octanol–water partition coefficient (Wildman–Crippen LogP) is 4.88. The van der Waals surface area contributed by atoms with Gasteiger partial charge in [-0.15, -0.1) is 0 Å². The normalized spacial score (nSPS) is 13.7. The molecule has 42 heavy (non-hydrogen) atoms. The minimum atomic E-state index is -4.73. The zero-order valence-electron chi connectivity index (χ0n) is 22.6. The molecule has 2 amide bonds. The van der Waals surface area contributed by atoms with Crippen LogP contribution in [0.4, 0.5) is 24.5 Å². The molecule has 218 valence electrons. The minimum absolute atomic E-state index is 0.0599. The number of fused-ring (bicyclic) bond motifs is 1. The number of benzene rings is 2. The highest BCUT2D eigenvalue weighted by atomic mass is 19.4. The SMILES string of the molecule is CCOC(=O)c1cnn2c(-c3cccc(NC(=O)c4cc(NC(=O)CN5CCCC5)cc(C(F)(F)F)c4)c3)ccnc12. The number of carbonyl (C=O) groups excluding carboxylic acids is 3. The van der Waals surface area contributed by atoms with E-state index in [1.807, 2.05) is 4.90 Å². The molecule has 3 heterocycles. The van der Waals surface area contributed by atoms with Crippen molar-refractivity contribution in [2.24, 2.45) is 0 Å². The quantitative estimate of drug-likeness (QED) is 0.285.